The Hall–Kier alpha value is -1.60. The van der Waals surface area contributed by atoms with Crippen molar-refractivity contribution in [1.82, 2.24) is 0 Å². The predicted molar refractivity (Wildman–Crippen MR) is 77.8 cm³/mol. The minimum Gasteiger partial charge on any atom is -0.508 e. The minimum atomic E-state index is -3.89. The molecule has 20 heavy (non-hydrogen) atoms. The van der Waals surface area contributed by atoms with Crippen LogP contribution in [0.3, 0.4) is 0 Å². The Kier molecular flexibility index (Phi) is 4.01. The van der Waals surface area contributed by atoms with Crippen LogP contribution in [0.2, 0.25) is 0 Å². The van der Waals surface area contributed by atoms with Gasteiger partial charge in [0.2, 0.25) is 0 Å². The molecule has 0 heterocycles. The van der Waals surface area contributed by atoms with E-state index in [2.05, 4.69) is 15.9 Å². The largest absolute Gasteiger partial charge is 0.508 e. The van der Waals surface area contributed by atoms with Crippen LogP contribution < -0.4 is 4.31 Å². The lowest BCUT2D eigenvalue weighted by Gasteiger charge is -2.19. The number of phenols is 1. The summed E-state index contributed by atoms with van der Waals surface area (Å²) in [6, 6.07) is 9.39. The summed E-state index contributed by atoms with van der Waals surface area (Å²) in [5.41, 5.74) is 0.285. The zero-order chi connectivity index (χ0) is 14.9. The highest BCUT2D eigenvalue weighted by Crippen LogP contribution is 2.26. The van der Waals surface area contributed by atoms with Crippen molar-refractivity contribution in [2.24, 2.45) is 0 Å². The van der Waals surface area contributed by atoms with Gasteiger partial charge in [0.1, 0.15) is 11.6 Å². The lowest BCUT2D eigenvalue weighted by molar-refractivity contribution is 0.475. The van der Waals surface area contributed by atoms with E-state index in [-0.39, 0.29) is 20.8 Å². The normalized spacial score (nSPS) is 11.3. The first-order chi connectivity index (χ1) is 9.32. The summed E-state index contributed by atoms with van der Waals surface area (Å²) in [6.07, 6.45) is 0. The maximum Gasteiger partial charge on any atom is 0.264 e. The Bertz CT molecular complexity index is 749. The van der Waals surface area contributed by atoms with Gasteiger partial charge in [0.15, 0.2) is 0 Å². The van der Waals surface area contributed by atoms with Gasteiger partial charge >= 0.3 is 0 Å². The van der Waals surface area contributed by atoms with Crippen LogP contribution >= 0.6 is 15.9 Å². The van der Waals surface area contributed by atoms with Crippen molar-refractivity contribution < 1.29 is 17.9 Å². The Labute approximate surface area is 124 Å². The first-order valence-electron chi connectivity index (χ1n) is 5.55. The zero-order valence-corrected chi connectivity index (χ0v) is 12.8. The molecule has 0 aliphatic heterocycles. The number of phenolic OH excluding ortho intramolecular Hbond substituents is 1. The topological polar surface area (TPSA) is 57.6 Å². The lowest BCUT2D eigenvalue weighted by Crippen LogP contribution is -2.26. The van der Waals surface area contributed by atoms with Crippen molar-refractivity contribution in [2.45, 2.75) is 4.90 Å². The monoisotopic (exact) mass is 359 g/mol. The molecule has 0 unspecified atom stereocenters. The van der Waals surface area contributed by atoms with Crippen LogP contribution in [0.4, 0.5) is 10.1 Å². The predicted octanol–water partition coefficient (Wildman–Crippen LogP) is 3.12. The molecule has 0 saturated carbocycles. The van der Waals surface area contributed by atoms with E-state index < -0.39 is 15.8 Å². The van der Waals surface area contributed by atoms with E-state index in [4.69, 9.17) is 0 Å². The van der Waals surface area contributed by atoms with E-state index in [9.17, 15) is 17.9 Å². The molecule has 7 heteroatoms. The number of anilines is 1. The molecule has 0 fully saturated rings. The molecule has 2 rings (SSSR count). The second-order valence-electron chi connectivity index (χ2n) is 4.07. The van der Waals surface area contributed by atoms with Gasteiger partial charge < -0.3 is 5.11 Å². The lowest BCUT2D eigenvalue weighted by atomic mass is 10.3. The molecule has 0 radical (unpaired) electrons. The third-order valence-electron chi connectivity index (χ3n) is 2.74. The minimum absolute atomic E-state index is 0.0495. The van der Waals surface area contributed by atoms with Gasteiger partial charge in [-0.3, -0.25) is 4.31 Å². The van der Waals surface area contributed by atoms with E-state index in [0.717, 1.165) is 10.4 Å². The van der Waals surface area contributed by atoms with Crippen LogP contribution in [0.25, 0.3) is 0 Å². The number of aromatic hydroxyl groups is 1. The van der Waals surface area contributed by atoms with Crippen LogP contribution in [-0.4, -0.2) is 20.6 Å². The molecule has 0 spiro atoms. The molecule has 2 aromatic rings. The highest BCUT2D eigenvalue weighted by molar-refractivity contribution is 9.10. The summed E-state index contributed by atoms with van der Waals surface area (Å²) in [4.78, 5) is -0.163. The van der Waals surface area contributed by atoms with Gasteiger partial charge in [-0.25, -0.2) is 12.8 Å². The van der Waals surface area contributed by atoms with Crippen molar-refractivity contribution in [3.8, 4) is 5.75 Å². The second-order valence-corrected chi connectivity index (χ2v) is 6.89. The number of hydrogen-bond donors (Lipinski definition) is 1. The average Bonchev–Trinajstić information content (AvgIpc) is 2.40. The quantitative estimate of drug-likeness (QED) is 0.915. The van der Waals surface area contributed by atoms with Crippen molar-refractivity contribution in [1.29, 1.82) is 0 Å². The van der Waals surface area contributed by atoms with Gasteiger partial charge in [0.25, 0.3) is 10.0 Å². The van der Waals surface area contributed by atoms with E-state index in [1.165, 1.54) is 43.4 Å². The highest BCUT2D eigenvalue weighted by atomic mass is 79.9. The smallest absolute Gasteiger partial charge is 0.264 e. The molecule has 0 atom stereocenters. The van der Waals surface area contributed by atoms with Crippen molar-refractivity contribution in [3.63, 3.8) is 0 Å². The Morgan fingerprint density at radius 3 is 2.50 bits per heavy atom. The third kappa shape index (κ3) is 2.78. The molecule has 106 valence electrons. The van der Waals surface area contributed by atoms with Crippen LogP contribution in [0, 0.1) is 5.82 Å². The first kappa shape index (κ1) is 14.8. The summed E-state index contributed by atoms with van der Waals surface area (Å²) in [5, 5.41) is 9.39. The van der Waals surface area contributed by atoms with Crippen molar-refractivity contribution in [2.75, 3.05) is 11.4 Å². The Balaban J connectivity index is 2.46. The van der Waals surface area contributed by atoms with Gasteiger partial charge in [-0.15, -0.1) is 0 Å². The molecule has 0 bridgehead atoms. The molecule has 0 aliphatic carbocycles. The van der Waals surface area contributed by atoms with Gasteiger partial charge in [0, 0.05) is 13.1 Å². The zero-order valence-electron chi connectivity index (χ0n) is 10.4. The number of rotatable bonds is 3. The summed E-state index contributed by atoms with van der Waals surface area (Å²) in [7, 11) is -2.55. The number of halogens is 2. The van der Waals surface area contributed by atoms with Gasteiger partial charge in [0.05, 0.1) is 15.1 Å². The van der Waals surface area contributed by atoms with Crippen LogP contribution in [0.15, 0.2) is 51.8 Å². The third-order valence-corrected chi connectivity index (χ3v) is 5.17. The van der Waals surface area contributed by atoms with Crippen LogP contribution in [0.5, 0.6) is 5.75 Å². The van der Waals surface area contributed by atoms with Crippen molar-refractivity contribution in [3.05, 3.63) is 52.8 Å². The standard InChI is InChI=1S/C13H11BrFNO3S/c1-16(9-3-2-4-10(17)7-9)20(18,19)11-5-6-12(14)13(15)8-11/h2-8,17H,1H3. The summed E-state index contributed by atoms with van der Waals surface area (Å²) < 4.78 is 39.4. The van der Waals surface area contributed by atoms with E-state index >= 15 is 0 Å². The first-order valence-corrected chi connectivity index (χ1v) is 7.78. The number of hydrogen-bond acceptors (Lipinski definition) is 3. The van der Waals surface area contributed by atoms with Gasteiger partial charge in [-0.05, 0) is 46.3 Å². The van der Waals surface area contributed by atoms with Crippen LogP contribution in [-0.2, 0) is 10.0 Å². The molecular weight excluding hydrogens is 349 g/mol. The fourth-order valence-electron chi connectivity index (χ4n) is 1.62. The summed E-state index contributed by atoms with van der Waals surface area (Å²) in [5.74, 6) is -0.707. The number of sulfonamides is 1. The van der Waals surface area contributed by atoms with E-state index in [0.29, 0.717) is 0 Å². The number of nitrogens with zero attached hydrogens (tertiary/aromatic N) is 1. The molecule has 0 saturated heterocycles. The summed E-state index contributed by atoms with van der Waals surface area (Å²) in [6.45, 7) is 0. The average molecular weight is 360 g/mol. The molecule has 0 amide bonds. The molecule has 0 aliphatic rings. The molecular formula is C13H11BrFNO3S. The molecule has 0 aromatic heterocycles. The van der Waals surface area contributed by atoms with E-state index in [1.54, 1.807) is 0 Å². The van der Waals surface area contributed by atoms with Gasteiger partial charge in [-0.1, -0.05) is 6.07 Å². The summed E-state index contributed by atoms with van der Waals surface area (Å²) >= 11 is 2.97. The molecule has 2 aromatic carbocycles. The fourth-order valence-corrected chi connectivity index (χ4v) is 3.07. The van der Waals surface area contributed by atoms with Gasteiger partial charge in [-0.2, -0.15) is 0 Å². The molecule has 1 N–H and O–H groups in total. The Morgan fingerprint density at radius 2 is 1.90 bits per heavy atom. The maximum absolute atomic E-state index is 13.5. The van der Waals surface area contributed by atoms with E-state index in [1.807, 2.05) is 0 Å². The van der Waals surface area contributed by atoms with Crippen molar-refractivity contribution >= 4 is 31.6 Å². The van der Waals surface area contributed by atoms with Crippen LogP contribution in [0.1, 0.15) is 0 Å². The maximum atomic E-state index is 13.5. The highest BCUT2D eigenvalue weighted by Gasteiger charge is 2.22. The number of benzene rings is 2. The fraction of sp³-hybridized carbons (Fsp3) is 0.0769. The molecule has 4 nitrogen and oxygen atoms in total. The second kappa shape index (κ2) is 5.41. The Morgan fingerprint density at radius 1 is 1.20 bits per heavy atom. The SMILES string of the molecule is CN(c1cccc(O)c1)S(=O)(=O)c1ccc(Br)c(F)c1.